The van der Waals surface area contributed by atoms with Gasteiger partial charge in [-0.05, 0) is 31.2 Å². The predicted molar refractivity (Wildman–Crippen MR) is 77.4 cm³/mol. The van der Waals surface area contributed by atoms with Crippen LogP contribution in [0.15, 0.2) is 47.9 Å². The highest BCUT2D eigenvalue weighted by Gasteiger charge is 2.15. The summed E-state index contributed by atoms with van der Waals surface area (Å²) in [5, 5.41) is 3.68. The molecule has 4 nitrogen and oxygen atoms in total. The number of nitrogens with zero attached hydrogens (tertiary/aromatic N) is 2. The van der Waals surface area contributed by atoms with Gasteiger partial charge < -0.3 is 5.32 Å². The lowest BCUT2D eigenvalue weighted by atomic mass is 10.3. The molecule has 1 N–H and O–H groups in total. The van der Waals surface area contributed by atoms with Crippen molar-refractivity contribution in [3.63, 3.8) is 0 Å². The summed E-state index contributed by atoms with van der Waals surface area (Å²) in [6, 6.07) is 8.78. The van der Waals surface area contributed by atoms with E-state index in [-0.39, 0.29) is 11.2 Å². The van der Waals surface area contributed by atoms with E-state index in [1.54, 1.807) is 49.6 Å². The van der Waals surface area contributed by atoms with Gasteiger partial charge in [0.2, 0.25) is 5.91 Å². The molecule has 0 bridgehead atoms. The smallest absolute Gasteiger partial charge is 0.237 e. The highest BCUT2D eigenvalue weighted by molar-refractivity contribution is 8.00. The number of carbonyl (C=O) groups excluding carboxylic acids is 1. The summed E-state index contributed by atoms with van der Waals surface area (Å²) >= 11 is 7.17. The second kappa shape index (κ2) is 6.54. The van der Waals surface area contributed by atoms with Gasteiger partial charge >= 0.3 is 0 Å². The maximum Gasteiger partial charge on any atom is 0.237 e. The number of hydrogen-bond acceptors (Lipinski definition) is 4. The number of anilines is 1. The third-order valence-corrected chi connectivity index (χ3v) is 3.51. The summed E-state index contributed by atoms with van der Waals surface area (Å²) in [6.45, 7) is 1.81. The Kier molecular flexibility index (Phi) is 4.76. The van der Waals surface area contributed by atoms with Gasteiger partial charge in [0.25, 0.3) is 0 Å². The number of halogens is 1. The number of nitrogens with one attached hydrogen (secondary N) is 1. The molecule has 0 spiro atoms. The Morgan fingerprint density at radius 1 is 1.32 bits per heavy atom. The number of aromatic nitrogens is 2. The Morgan fingerprint density at radius 3 is 2.74 bits per heavy atom. The summed E-state index contributed by atoms with van der Waals surface area (Å²) in [4.78, 5) is 20.1. The molecule has 0 aliphatic rings. The van der Waals surface area contributed by atoms with Crippen LogP contribution in [0.1, 0.15) is 6.92 Å². The van der Waals surface area contributed by atoms with Crippen LogP contribution in [0.25, 0.3) is 0 Å². The van der Waals surface area contributed by atoms with Gasteiger partial charge in [0.1, 0.15) is 0 Å². The van der Waals surface area contributed by atoms with Crippen molar-refractivity contribution in [1.29, 1.82) is 0 Å². The standard InChI is InChI=1S/C13H12ClN3OS/c1-9(19-13-15-6-3-7-16-13)12(18)17-11-5-2-4-10(14)8-11/h2-9H,1H3,(H,17,18). The van der Waals surface area contributed by atoms with Crippen LogP contribution < -0.4 is 5.32 Å². The lowest BCUT2D eigenvalue weighted by Crippen LogP contribution is -2.22. The zero-order valence-corrected chi connectivity index (χ0v) is 11.8. The quantitative estimate of drug-likeness (QED) is 0.694. The highest BCUT2D eigenvalue weighted by Crippen LogP contribution is 2.21. The lowest BCUT2D eigenvalue weighted by molar-refractivity contribution is -0.115. The molecule has 2 rings (SSSR count). The molecule has 0 radical (unpaired) electrons. The van der Waals surface area contributed by atoms with Crippen molar-refractivity contribution >= 4 is 35.0 Å². The van der Waals surface area contributed by atoms with Crippen molar-refractivity contribution in [2.24, 2.45) is 0 Å². The predicted octanol–water partition coefficient (Wildman–Crippen LogP) is 3.25. The molecule has 0 aliphatic carbocycles. The minimum absolute atomic E-state index is 0.111. The lowest BCUT2D eigenvalue weighted by Gasteiger charge is -2.11. The molecule has 0 aliphatic heterocycles. The molecule has 1 atom stereocenters. The van der Waals surface area contributed by atoms with Gasteiger partial charge in [-0.15, -0.1) is 0 Å². The zero-order valence-electron chi connectivity index (χ0n) is 10.2. The summed E-state index contributed by atoms with van der Waals surface area (Å²) in [7, 11) is 0. The highest BCUT2D eigenvalue weighted by atomic mass is 35.5. The van der Waals surface area contributed by atoms with Crippen molar-refractivity contribution < 1.29 is 4.79 Å². The van der Waals surface area contributed by atoms with Crippen LogP contribution in [0.5, 0.6) is 0 Å². The minimum atomic E-state index is -0.290. The van der Waals surface area contributed by atoms with Gasteiger partial charge in [0, 0.05) is 23.1 Å². The van der Waals surface area contributed by atoms with Crippen LogP contribution >= 0.6 is 23.4 Å². The fraction of sp³-hybridized carbons (Fsp3) is 0.154. The van der Waals surface area contributed by atoms with E-state index >= 15 is 0 Å². The van der Waals surface area contributed by atoms with E-state index in [1.165, 1.54) is 11.8 Å². The van der Waals surface area contributed by atoms with E-state index in [2.05, 4.69) is 15.3 Å². The Hall–Kier alpha value is -1.59. The van der Waals surface area contributed by atoms with Crippen molar-refractivity contribution in [3.05, 3.63) is 47.7 Å². The first-order valence-electron chi connectivity index (χ1n) is 5.65. The number of hydrogen-bond donors (Lipinski definition) is 1. The van der Waals surface area contributed by atoms with Crippen LogP contribution in [0.4, 0.5) is 5.69 Å². The molecule has 0 saturated heterocycles. The molecule has 98 valence electrons. The summed E-state index contributed by atoms with van der Waals surface area (Å²) in [6.07, 6.45) is 3.30. The number of benzene rings is 1. The third-order valence-electron chi connectivity index (χ3n) is 2.29. The van der Waals surface area contributed by atoms with E-state index in [0.29, 0.717) is 15.9 Å². The molecule has 6 heteroatoms. The van der Waals surface area contributed by atoms with Gasteiger partial charge in [0.15, 0.2) is 5.16 Å². The molecule has 19 heavy (non-hydrogen) atoms. The van der Waals surface area contributed by atoms with Crippen LogP contribution in [0.2, 0.25) is 5.02 Å². The molecule has 0 fully saturated rings. The van der Waals surface area contributed by atoms with Crippen LogP contribution in [-0.4, -0.2) is 21.1 Å². The molecular weight excluding hydrogens is 282 g/mol. The van der Waals surface area contributed by atoms with Crippen molar-refractivity contribution in [1.82, 2.24) is 9.97 Å². The molecule has 1 aromatic heterocycles. The molecule has 1 amide bonds. The van der Waals surface area contributed by atoms with Crippen molar-refractivity contribution in [2.75, 3.05) is 5.32 Å². The fourth-order valence-electron chi connectivity index (χ4n) is 1.37. The van der Waals surface area contributed by atoms with Gasteiger partial charge in [0.05, 0.1) is 5.25 Å². The van der Waals surface area contributed by atoms with Crippen molar-refractivity contribution in [3.8, 4) is 0 Å². The maximum absolute atomic E-state index is 12.0. The Balaban J connectivity index is 1.96. The Bertz CT molecular complexity index is 565. The molecule has 1 unspecified atom stereocenters. The molecule has 1 heterocycles. The van der Waals surface area contributed by atoms with E-state index < -0.39 is 0 Å². The number of carbonyl (C=O) groups is 1. The zero-order chi connectivity index (χ0) is 13.7. The largest absolute Gasteiger partial charge is 0.325 e. The SMILES string of the molecule is CC(Sc1ncccn1)C(=O)Nc1cccc(Cl)c1. The third kappa shape index (κ3) is 4.22. The number of thioether (sulfide) groups is 1. The topological polar surface area (TPSA) is 54.9 Å². The molecular formula is C13H12ClN3OS. The van der Waals surface area contributed by atoms with Gasteiger partial charge in [-0.25, -0.2) is 9.97 Å². The fourth-order valence-corrected chi connectivity index (χ4v) is 2.28. The van der Waals surface area contributed by atoms with Gasteiger partial charge in [-0.2, -0.15) is 0 Å². The first-order chi connectivity index (χ1) is 9.15. The summed E-state index contributed by atoms with van der Waals surface area (Å²) in [5.74, 6) is -0.111. The second-order valence-corrected chi connectivity index (χ2v) is 5.54. The number of amides is 1. The Morgan fingerprint density at radius 2 is 2.05 bits per heavy atom. The van der Waals surface area contributed by atoms with Gasteiger partial charge in [-0.3, -0.25) is 4.79 Å². The first kappa shape index (κ1) is 13.8. The van der Waals surface area contributed by atoms with Crippen LogP contribution in [0, 0.1) is 0 Å². The van der Waals surface area contributed by atoms with Crippen LogP contribution in [0.3, 0.4) is 0 Å². The van der Waals surface area contributed by atoms with Gasteiger partial charge in [-0.1, -0.05) is 29.4 Å². The van der Waals surface area contributed by atoms with Crippen molar-refractivity contribution in [2.45, 2.75) is 17.3 Å². The van der Waals surface area contributed by atoms with E-state index in [1.807, 2.05) is 0 Å². The molecule has 2 aromatic rings. The minimum Gasteiger partial charge on any atom is -0.325 e. The average molecular weight is 294 g/mol. The first-order valence-corrected chi connectivity index (χ1v) is 6.91. The summed E-state index contributed by atoms with van der Waals surface area (Å²) in [5.41, 5.74) is 0.680. The number of rotatable bonds is 4. The average Bonchev–Trinajstić information content (AvgIpc) is 2.40. The monoisotopic (exact) mass is 293 g/mol. The van der Waals surface area contributed by atoms with E-state index in [4.69, 9.17) is 11.6 Å². The van der Waals surface area contributed by atoms with E-state index in [9.17, 15) is 4.79 Å². The summed E-state index contributed by atoms with van der Waals surface area (Å²) < 4.78 is 0. The van der Waals surface area contributed by atoms with Crippen LogP contribution in [-0.2, 0) is 4.79 Å². The maximum atomic E-state index is 12.0. The Labute approximate surface area is 120 Å². The normalized spacial score (nSPS) is 11.9. The molecule has 0 saturated carbocycles. The second-order valence-electron chi connectivity index (χ2n) is 3.79. The van der Waals surface area contributed by atoms with E-state index in [0.717, 1.165) is 0 Å². The molecule has 1 aromatic carbocycles.